The van der Waals surface area contributed by atoms with Crippen molar-refractivity contribution in [3.05, 3.63) is 30.1 Å². The Bertz CT molecular complexity index is 529. The molecule has 0 atom stereocenters. The molecule has 1 aromatic rings. The minimum Gasteiger partial charge on any atom is -0.383 e. The highest BCUT2D eigenvalue weighted by atomic mass is 19.1. The Hall–Kier alpha value is -1.86. The van der Waals surface area contributed by atoms with Gasteiger partial charge >= 0.3 is 0 Å². The molecule has 0 amide bonds. The number of benzene rings is 1. The molecule has 1 N–H and O–H groups in total. The molecular weight excluding hydrogens is 321 g/mol. The SMILES string of the molecule is CN=C(NCCN(C)CCOC)N1CCN(c2ccc(F)cc2)CC1. The predicted molar refractivity (Wildman–Crippen MR) is 101 cm³/mol. The van der Waals surface area contributed by atoms with Gasteiger partial charge in [0, 0.05) is 65.7 Å². The first-order chi connectivity index (χ1) is 12.1. The molecule has 2 rings (SSSR count). The average molecular weight is 351 g/mol. The van der Waals surface area contributed by atoms with E-state index in [1.54, 1.807) is 7.11 Å². The molecular formula is C18H30FN5O. The van der Waals surface area contributed by atoms with E-state index in [1.165, 1.54) is 12.1 Å². The first-order valence-corrected chi connectivity index (χ1v) is 8.77. The van der Waals surface area contributed by atoms with Crippen LogP contribution >= 0.6 is 0 Å². The summed E-state index contributed by atoms with van der Waals surface area (Å²) in [6.45, 7) is 7.07. The van der Waals surface area contributed by atoms with Gasteiger partial charge in [0.15, 0.2) is 5.96 Å². The molecule has 1 saturated heterocycles. The maximum Gasteiger partial charge on any atom is 0.193 e. The number of piperazine rings is 1. The van der Waals surface area contributed by atoms with E-state index in [-0.39, 0.29) is 5.82 Å². The Morgan fingerprint density at radius 1 is 1.20 bits per heavy atom. The van der Waals surface area contributed by atoms with Gasteiger partial charge in [-0.15, -0.1) is 0 Å². The lowest BCUT2D eigenvalue weighted by Crippen LogP contribution is -2.53. The number of nitrogens with one attached hydrogen (secondary N) is 1. The molecule has 140 valence electrons. The number of aliphatic imine (C=N–C) groups is 1. The largest absolute Gasteiger partial charge is 0.383 e. The topological polar surface area (TPSA) is 43.3 Å². The van der Waals surface area contributed by atoms with Crippen molar-refractivity contribution in [1.29, 1.82) is 0 Å². The summed E-state index contributed by atoms with van der Waals surface area (Å²) in [5, 5.41) is 3.43. The monoisotopic (exact) mass is 351 g/mol. The molecule has 7 heteroatoms. The van der Waals surface area contributed by atoms with Gasteiger partial charge in [-0.1, -0.05) is 0 Å². The number of anilines is 1. The number of methoxy groups -OCH3 is 1. The van der Waals surface area contributed by atoms with Gasteiger partial charge in [0.25, 0.3) is 0 Å². The van der Waals surface area contributed by atoms with E-state index in [0.717, 1.165) is 64.1 Å². The Kier molecular flexibility index (Phi) is 7.94. The molecule has 1 fully saturated rings. The van der Waals surface area contributed by atoms with E-state index in [1.807, 2.05) is 19.2 Å². The van der Waals surface area contributed by atoms with E-state index in [2.05, 4.69) is 32.1 Å². The Morgan fingerprint density at radius 2 is 1.88 bits per heavy atom. The van der Waals surface area contributed by atoms with E-state index < -0.39 is 0 Å². The van der Waals surface area contributed by atoms with Gasteiger partial charge in [0.2, 0.25) is 0 Å². The lowest BCUT2D eigenvalue weighted by Gasteiger charge is -2.37. The van der Waals surface area contributed by atoms with Crippen LogP contribution in [0.15, 0.2) is 29.3 Å². The fourth-order valence-corrected chi connectivity index (χ4v) is 2.88. The van der Waals surface area contributed by atoms with Crippen LogP contribution in [-0.4, -0.2) is 89.4 Å². The Balaban J connectivity index is 1.75. The molecule has 6 nitrogen and oxygen atoms in total. The zero-order chi connectivity index (χ0) is 18.1. The highest BCUT2D eigenvalue weighted by molar-refractivity contribution is 5.80. The van der Waals surface area contributed by atoms with Crippen molar-refractivity contribution < 1.29 is 9.13 Å². The van der Waals surface area contributed by atoms with Crippen LogP contribution in [0.25, 0.3) is 0 Å². The second-order valence-electron chi connectivity index (χ2n) is 6.22. The molecule has 1 aliphatic rings. The molecule has 0 aromatic heterocycles. The Labute approximate surface area is 150 Å². The highest BCUT2D eigenvalue weighted by Crippen LogP contribution is 2.16. The van der Waals surface area contributed by atoms with Crippen LogP contribution in [0.4, 0.5) is 10.1 Å². The summed E-state index contributed by atoms with van der Waals surface area (Å²) >= 11 is 0. The van der Waals surface area contributed by atoms with E-state index in [4.69, 9.17) is 4.74 Å². The summed E-state index contributed by atoms with van der Waals surface area (Å²) in [5.41, 5.74) is 1.07. The van der Waals surface area contributed by atoms with Crippen molar-refractivity contribution >= 4 is 11.6 Å². The number of likely N-dealkylation sites (N-methyl/N-ethyl adjacent to an activating group) is 1. The number of guanidine groups is 1. The fourth-order valence-electron chi connectivity index (χ4n) is 2.88. The van der Waals surface area contributed by atoms with Crippen LogP contribution in [0.3, 0.4) is 0 Å². The molecule has 0 radical (unpaired) electrons. The second-order valence-corrected chi connectivity index (χ2v) is 6.22. The fraction of sp³-hybridized carbons (Fsp3) is 0.611. The number of ether oxygens (including phenoxy) is 1. The molecule has 0 saturated carbocycles. The normalized spacial score (nSPS) is 15.8. The van der Waals surface area contributed by atoms with Crippen LogP contribution in [0.5, 0.6) is 0 Å². The maximum atomic E-state index is 13.1. The van der Waals surface area contributed by atoms with E-state index >= 15 is 0 Å². The van der Waals surface area contributed by atoms with Crippen molar-refractivity contribution in [2.45, 2.75) is 0 Å². The van der Waals surface area contributed by atoms with Gasteiger partial charge in [-0.05, 0) is 31.3 Å². The van der Waals surface area contributed by atoms with Crippen molar-refractivity contribution in [2.24, 2.45) is 4.99 Å². The summed E-state index contributed by atoms with van der Waals surface area (Å²) in [4.78, 5) is 11.2. The minimum absolute atomic E-state index is 0.192. The lowest BCUT2D eigenvalue weighted by molar-refractivity contribution is 0.162. The van der Waals surface area contributed by atoms with E-state index in [9.17, 15) is 4.39 Å². The lowest BCUT2D eigenvalue weighted by atomic mass is 10.2. The molecule has 1 heterocycles. The zero-order valence-corrected chi connectivity index (χ0v) is 15.5. The molecule has 0 aliphatic carbocycles. The number of halogens is 1. The first kappa shape index (κ1) is 19.5. The van der Waals surface area contributed by atoms with Crippen LogP contribution in [0.1, 0.15) is 0 Å². The Morgan fingerprint density at radius 3 is 2.48 bits per heavy atom. The number of hydrogen-bond donors (Lipinski definition) is 1. The number of hydrogen-bond acceptors (Lipinski definition) is 4. The first-order valence-electron chi connectivity index (χ1n) is 8.77. The third-order valence-corrected chi connectivity index (χ3v) is 4.44. The third-order valence-electron chi connectivity index (χ3n) is 4.44. The van der Waals surface area contributed by atoms with Crippen LogP contribution in [0.2, 0.25) is 0 Å². The smallest absolute Gasteiger partial charge is 0.193 e. The quantitative estimate of drug-likeness (QED) is 0.589. The molecule has 1 aromatic carbocycles. The predicted octanol–water partition coefficient (Wildman–Crippen LogP) is 1.10. The molecule has 25 heavy (non-hydrogen) atoms. The summed E-state index contributed by atoms with van der Waals surface area (Å²) in [5.74, 6) is 0.751. The van der Waals surface area contributed by atoms with Gasteiger partial charge < -0.3 is 24.8 Å². The number of nitrogens with zero attached hydrogens (tertiary/aromatic N) is 4. The summed E-state index contributed by atoms with van der Waals surface area (Å²) in [7, 11) is 5.63. The number of rotatable bonds is 7. The van der Waals surface area contributed by atoms with Gasteiger partial charge in [0.1, 0.15) is 5.82 Å². The van der Waals surface area contributed by atoms with Gasteiger partial charge in [-0.25, -0.2) is 4.39 Å². The standard InChI is InChI=1S/C18H30FN5O/c1-20-18(21-8-9-22(2)14-15-25-3)24-12-10-23(11-13-24)17-6-4-16(19)5-7-17/h4-7H,8-15H2,1-3H3,(H,20,21). The van der Waals surface area contributed by atoms with E-state index in [0.29, 0.717) is 0 Å². The summed E-state index contributed by atoms with van der Waals surface area (Å²) in [6, 6.07) is 6.71. The average Bonchev–Trinajstić information content (AvgIpc) is 2.64. The van der Waals surface area contributed by atoms with Crippen molar-refractivity contribution in [1.82, 2.24) is 15.1 Å². The molecule has 0 unspecified atom stereocenters. The van der Waals surface area contributed by atoms with Crippen molar-refractivity contribution in [3.63, 3.8) is 0 Å². The third kappa shape index (κ3) is 6.17. The van der Waals surface area contributed by atoms with Crippen LogP contribution < -0.4 is 10.2 Å². The highest BCUT2D eigenvalue weighted by Gasteiger charge is 2.19. The van der Waals surface area contributed by atoms with Gasteiger partial charge in [-0.2, -0.15) is 0 Å². The maximum absolute atomic E-state index is 13.1. The summed E-state index contributed by atoms with van der Waals surface area (Å²) < 4.78 is 18.1. The van der Waals surface area contributed by atoms with Gasteiger partial charge in [-0.3, -0.25) is 4.99 Å². The van der Waals surface area contributed by atoms with Crippen molar-refractivity contribution in [3.8, 4) is 0 Å². The van der Waals surface area contributed by atoms with Gasteiger partial charge in [0.05, 0.1) is 6.61 Å². The van der Waals surface area contributed by atoms with Crippen LogP contribution in [0, 0.1) is 5.82 Å². The molecule has 1 aliphatic heterocycles. The minimum atomic E-state index is -0.192. The second kappa shape index (κ2) is 10.2. The molecule has 0 spiro atoms. The summed E-state index contributed by atoms with van der Waals surface area (Å²) in [6.07, 6.45) is 0. The zero-order valence-electron chi connectivity index (χ0n) is 15.5. The van der Waals surface area contributed by atoms with Crippen LogP contribution in [-0.2, 0) is 4.74 Å². The van der Waals surface area contributed by atoms with Crippen molar-refractivity contribution in [2.75, 3.05) is 78.5 Å². The molecule has 0 bridgehead atoms.